The molecular weight excluding hydrogens is 549 g/mol. The summed E-state index contributed by atoms with van der Waals surface area (Å²) in [7, 11) is 3.91. The molecule has 11 nitrogen and oxygen atoms in total. The number of aryl methyl sites for hydroxylation is 1. The van der Waals surface area contributed by atoms with Gasteiger partial charge in [0.25, 0.3) is 0 Å². The summed E-state index contributed by atoms with van der Waals surface area (Å²) >= 11 is 0.901. The molecule has 0 saturated carbocycles. The Morgan fingerprint density at radius 2 is 1.93 bits per heavy atom. The lowest BCUT2D eigenvalue weighted by molar-refractivity contribution is -0.274. The Balaban J connectivity index is 1.58. The number of ether oxygens (including phenoxy) is 1. The van der Waals surface area contributed by atoms with E-state index in [9.17, 15) is 22.8 Å². The van der Waals surface area contributed by atoms with Gasteiger partial charge in [0, 0.05) is 42.8 Å². The monoisotopic (exact) mass is 584 g/mol. The van der Waals surface area contributed by atoms with E-state index in [4.69, 9.17) is 0 Å². The second-order valence-electron chi connectivity index (χ2n) is 9.71. The Hall–Kier alpha value is -3.30. The van der Waals surface area contributed by atoms with E-state index in [0.717, 1.165) is 43.7 Å². The molecule has 0 radical (unpaired) electrons. The third-order valence-electron chi connectivity index (χ3n) is 6.21. The quantitative estimate of drug-likeness (QED) is 0.278. The maximum Gasteiger partial charge on any atom is 0.573 e. The Morgan fingerprint density at radius 3 is 2.55 bits per heavy atom. The minimum absolute atomic E-state index is 0.00340. The van der Waals surface area contributed by atoms with Crippen LogP contribution in [0, 0.1) is 12.3 Å². The minimum atomic E-state index is -4.78. The maximum atomic E-state index is 13.2. The highest BCUT2D eigenvalue weighted by molar-refractivity contribution is 7.98. The normalized spacial score (nSPS) is 17.5. The SMILES string of the molecule is CCN1CCC(CNc2cc(C)nc(NC(=O)NSc3ccc(OC(F)(F)F)cc3)n2)(C(=O)NCCN(C)C)C1. The summed E-state index contributed by atoms with van der Waals surface area (Å²) in [6.45, 7) is 7.79. The minimum Gasteiger partial charge on any atom is -0.406 e. The number of carbonyl (C=O) groups is 2. The molecule has 1 aromatic carbocycles. The summed E-state index contributed by atoms with van der Waals surface area (Å²) in [6, 6.07) is 6.17. The highest BCUT2D eigenvalue weighted by Gasteiger charge is 2.44. The molecular formula is C25H35F3N8O3S. The number of likely N-dealkylation sites (N-methyl/N-ethyl adjacent to an activating group) is 1. The number of nitrogens with zero attached hydrogens (tertiary/aromatic N) is 4. The van der Waals surface area contributed by atoms with Gasteiger partial charge in [-0.1, -0.05) is 6.92 Å². The van der Waals surface area contributed by atoms with E-state index >= 15 is 0 Å². The summed E-state index contributed by atoms with van der Waals surface area (Å²) in [5.74, 6) is 0.158. The van der Waals surface area contributed by atoms with Crippen molar-refractivity contribution in [1.82, 2.24) is 29.8 Å². The molecule has 0 spiro atoms. The van der Waals surface area contributed by atoms with Crippen LogP contribution in [0.5, 0.6) is 5.75 Å². The lowest BCUT2D eigenvalue weighted by atomic mass is 9.85. The van der Waals surface area contributed by atoms with Crippen LogP contribution in [0.25, 0.3) is 0 Å². The number of aromatic nitrogens is 2. The van der Waals surface area contributed by atoms with Crippen LogP contribution >= 0.6 is 11.9 Å². The van der Waals surface area contributed by atoms with Gasteiger partial charge in [-0.3, -0.25) is 14.8 Å². The van der Waals surface area contributed by atoms with Crippen molar-refractivity contribution in [3.05, 3.63) is 36.0 Å². The van der Waals surface area contributed by atoms with Gasteiger partial charge in [0.15, 0.2) is 0 Å². The van der Waals surface area contributed by atoms with Gasteiger partial charge < -0.3 is 25.2 Å². The predicted molar refractivity (Wildman–Crippen MR) is 147 cm³/mol. The number of rotatable bonds is 12. The van der Waals surface area contributed by atoms with Crippen molar-refractivity contribution >= 4 is 35.7 Å². The second-order valence-corrected chi connectivity index (χ2v) is 10.6. The zero-order valence-corrected chi connectivity index (χ0v) is 23.7. The molecule has 1 aliphatic rings. The molecule has 3 rings (SSSR count). The van der Waals surface area contributed by atoms with E-state index in [1.807, 2.05) is 19.0 Å². The van der Waals surface area contributed by atoms with E-state index in [2.05, 4.69) is 47.2 Å². The number of halogens is 3. The zero-order chi connectivity index (χ0) is 29.3. The molecule has 2 heterocycles. The number of urea groups is 1. The summed E-state index contributed by atoms with van der Waals surface area (Å²) in [4.78, 5) is 39.0. The largest absolute Gasteiger partial charge is 0.573 e. The standard InChI is InChI=1S/C25H35F3N8O3S/c1-5-36-12-10-24(16-36,21(37)29-11-13-35(3)4)15-30-20-14-17(2)31-22(32-20)33-23(38)34-40-19-8-6-18(7-9-19)39-25(26,27)28/h6-9,14H,5,10-13,15-16H2,1-4H3,(H,29,37)(H3,30,31,32,33,34,38). The number of benzene rings is 1. The van der Waals surface area contributed by atoms with Crippen molar-refractivity contribution in [1.29, 1.82) is 0 Å². The van der Waals surface area contributed by atoms with Crippen molar-refractivity contribution < 1.29 is 27.5 Å². The predicted octanol–water partition coefficient (Wildman–Crippen LogP) is 3.31. The Kier molecular flexibility index (Phi) is 10.8. The van der Waals surface area contributed by atoms with Crippen LogP contribution in [0.2, 0.25) is 0 Å². The highest BCUT2D eigenvalue weighted by Crippen LogP contribution is 2.31. The van der Waals surface area contributed by atoms with E-state index in [0.29, 0.717) is 42.5 Å². The number of likely N-dealkylation sites (tertiary alicyclic amines) is 1. The number of hydrogen-bond acceptors (Lipinski definition) is 9. The number of alkyl halides is 3. The first-order valence-corrected chi connectivity index (χ1v) is 13.5. The van der Waals surface area contributed by atoms with E-state index < -0.39 is 17.8 Å². The van der Waals surface area contributed by atoms with E-state index in [1.165, 1.54) is 12.1 Å². The van der Waals surface area contributed by atoms with E-state index in [1.54, 1.807) is 13.0 Å². The topological polar surface area (TPSA) is 124 Å². The molecule has 1 fully saturated rings. The molecule has 40 heavy (non-hydrogen) atoms. The summed E-state index contributed by atoms with van der Waals surface area (Å²) in [5, 5.41) is 8.88. The first-order valence-electron chi connectivity index (χ1n) is 12.7. The first kappa shape index (κ1) is 31.2. The smallest absolute Gasteiger partial charge is 0.406 e. The molecule has 220 valence electrons. The van der Waals surface area contributed by atoms with Crippen LogP contribution < -0.4 is 25.4 Å². The van der Waals surface area contributed by atoms with Gasteiger partial charge in [-0.2, -0.15) is 4.98 Å². The molecule has 0 aliphatic carbocycles. The summed E-state index contributed by atoms with van der Waals surface area (Å²) in [6.07, 6.45) is -4.07. The molecule has 0 bridgehead atoms. The van der Waals surface area contributed by atoms with Gasteiger partial charge in [0.1, 0.15) is 11.6 Å². The highest BCUT2D eigenvalue weighted by atomic mass is 32.2. The molecule has 15 heteroatoms. The Morgan fingerprint density at radius 1 is 1.20 bits per heavy atom. The summed E-state index contributed by atoms with van der Waals surface area (Å²) in [5.41, 5.74) is -0.0180. The lowest BCUT2D eigenvalue weighted by Gasteiger charge is -2.29. The average molecular weight is 585 g/mol. The van der Waals surface area contributed by atoms with Gasteiger partial charge in [0.05, 0.1) is 5.41 Å². The van der Waals surface area contributed by atoms with Crippen molar-refractivity contribution in [2.24, 2.45) is 5.41 Å². The maximum absolute atomic E-state index is 13.2. The van der Waals surface area contributed by atoms with Crippen LogP contribution in [-0.2, 0) is 4.79 Å². The number of carbonyl (C=O) groups excluding carboxylic acids is 2. The molecule has 1 aliphatic heterocycles. The molecule has 2 aromatic rings. The third-order valence-corrected chi connectivity index (χ3v) is 7.01. The number of anilines is 2. The molecule has 1 atom stereocenters. The van der Waals surface area contributed by atoms with Crippen molar-refractivity contribution in [2.75, 3.05) is 64.0 Å². The van der Waals surface area contributed by atoms with Crippen molar-refractivity contribution in [3.63, 3.8) is 0 Å². The van der Waals surface area contributed by atoms with E-state index in [-0.39, 0.29) is 17.6 Å². The average Bonchev–Trinajstić information content (AvgIpc) is 3.30. The van der Waals surface area contributed by atoms with Gasteiger partial charge in [-0.15, -0.1) is 13.2 Å². The molecule has 1 unspecified atom stereocenters. The Labute approximate surface area is 235 Å². The third kappa shape index (κ3) is 9.71. The fraction of sp³-hybridized carbons (Fsp3) is 0.520. The zero-order valence-electron chi connectivity index (χ0n) is 22.9. The summed E-state index contributed by atoms with van der Waals surface area (Å²) < 4.78 is 43.3. The van der Waals surface area contributed by atoms with Crippen molar-refractivity contribution in [2.45, 2.75) is 31.5 Å². The van der Waals surface area contributed by atoms with Crippen LogP contribution in [0.15, 0.2) is 35.2 Å². The lowest BCUT2D eigenvalue weighted by Crippen LogP contribution is -2.48. The van der Waals surface area contributed by atoms with Gasteiger partial charge >= 0.3 is 12.4 Å². The molecule has 1 saturated heterocycles. The fourth-order valence-electron chi connectivity index (χ4n) is 4.14. The number of amides is 3. The number of nitrogens with one attached hydrogen (secondary N) is 4. The van der Waals surface area contributed by atoms with Crippen LogP contribution in [0.1, 0.15) is 19.0 Å². The van der Waals surface area contributed by atoms with Crippen LogP contribution in [0.3, 0.4) is 0 Å². The fourth-order valence-corrected chi connectivity index (χ4v) is 4.67. The van der Waals surface area contributed by atoms with Crippen LogP contribution in [-0.4, -0.2) is 91.4 Å². The van der Waals surface area contributed by atoms with Gasteiger partial charge in [0.2, 0.25) is 11.9 Å². The molecule has 3 amide bonds. The van der Waals surface area contributed by atoms with Gasteiger partial charge in [-0.05, 0) is 76.7 Å². The van der Waals surface area contributed by atoms with Crippen molar-refractivity contribution in [3.8, 4) is 5.75 Å². The first-order chi connectivity index (χ1) is 18.9. The van der Waals surface area contributed by atoms with Gasteiger partial charge in [-0.25, -0.2) is 9.78 Å². The number of hydrogen-bond donors (Lipinski definition) is 4. The molecule has 4 N–H and O–H groups in total. The molecule has 1 aromatic heterocycles. The Bertz CT molecular complexity index is 1150. The second kappa shape index (κ2) is 13.9. The van der Waals surface area contributed by atoms with Crippen LogP contribution in [0.4, 0.5) is 29.7 Å².